The van der Waals surface area contributed by atoms with Crippen molar-refractivity contribution in [2.75, 3.05) is 18.9 Å². The quantitative estimate of drug-likeness (QED) is 0.839. The van der Waals surface area contributed by atoms with Crippen LogP contribution in [0, 0.1) is 0 Å². The van der Waals surface area contributed by atoms with Crippen LogP contribution in [0.2, 0.25) is 0 Å². The molecule has 4 nitrogen and oxygen atoms in total. The van der Waals surface area contributed by atoms with E-state index in [0.717, 1.165) is 12.0 Å². The molecule has 0 aliphatic carbocycles. The van der Waals surface area contributed by atoms with Gasteiger partial charge in [-0.2, -0.15) is 4.31 Å². The van der Waals surface area contributed by atoms with Gasteiger partial charge in [0.25, 0.3) is 0 Å². The smallest absolute Gasteiger partial charge is 0.214 e. The van der Waals surface area contributed by atoms with Crippen LogP contribution in [-0.4, -0.2) is 37.7 Å². The van der Waals surface area contributed by atoms with Gasteiger partial charge in [-0.3, -0.25) is 0 Å². The molecule has 1 aromatic carbocycles. The number of hydrogen-bond acceptors (Lipinski definition) is 3. The summed E-state index contributed by atoms with van der Waals surface area (Å²) < 4.78 is 32.2. The Labute approximate surface area is 121 Å². The highest BCUT2D eigenvalue weighted by Crippen LogP contribution is 2.30. The van der Waals surface area contributed by atoms with Crippen molar-refractivity contribution in [2.24, 2.45) is 0 Å². The van der Waals surface area contributed by atoms with E-state index in [1.54, 1.807) is 4.31 Å². The van der Waals surface area contributed by atoms with Crippen molar-refractivity contribution in [1.29, 1.82) is 0 Å². The summed E-state index contributed by atoms with van der Waals surface area (Å²) in [6, 6.07) is 9.68. The van der Waals surface area contributed by atoms with Crippen molar-refractivity contribution in [3.8, 4) is 0 Å². The van der Waals surface area contributed by atoms with Crippen LogP contribution in [0.5, 0.6) is 0 Å². The van der Waals surface area contributed by atoms with E-state index in [2.05, 4.69) is 0 Å². The Hall–Kier alpha value is -0.910. The largest absolute Gasteiger partial charge is 0.370 e. The lowest BCUT2D eigenvalue weighted by Gasteiger charge is -2.38. The number of nitrogens with zero attached hydrogens (tertiary/aromatic N) is 1. The van der Waals surface area contributed by atoms with Crippen molar-refractivity contribution >= 4 is 10.0 Å². The van der Waals surface area contributed by atoms with Crippen molar-refractivity contribution in [3.63, 3.8) is 0 Å². The molecule has 0 aromatic heterocycles. The van der Waals surface area contributed by atoms with Gasteiger partial charge in [0.15, 0.2) is 0 Å². The number of sulfonamides is 1. The zero-order valence-electron chi connectivity index (χ0n) is 12.2. The Morgan fingerprint density at radius 3 is 2.65 bits per heavy atom. The Bertz CT molecular complexity index is 515. The number of morpholine rings is 1. The molecule has 0 N–H and O–H groups in total. The number of unbranched alkanes of at least 4 members (excludes halogenated alkanes) is 1. The highest BCUT2D eigenvalue weighted by molar-refractivity contribution is 7.89. The number of rotatable bonds is 5. The Balaban J connectivity index is 2.17. The fourth-order valence-electron chi connectivity index (χ4n) is 2.62. The van der Waals surface area contributed by atoms with Gasteiger partial charge >= 0.3 is 0 Å². The van der Waals surface area contributed by atoms with Crippen LogP contribution in [0.15, 0.2) is 30.3 Å². The summed E-state index contributed by atoms with van der Waals surface area (Å²) in [5.74, 6) is 0.231. The first kappa shape index (κ1) is 15.5. The third-order valence-electron chi connectivity index (χ3n) is 3.74. The van der Waals surface area contributed by atoms with Crippen LogP contribution in [0.3, 0.4) is 0 Å². The molecule has 2 rings (SSSR count). The molecule has 1 aliphatic heterocycles. The van der Waals surface area contributed by atoms with E-state index in [9.17, 15) is 8.42 Å². The lowest BCUT2D eigenvalue weighted by atomic mass is 10.0. The van der Waals surface area contributed by atoms with E-state index in [0.29, 0.717) is 19.6 Å². The molecule has 112 valence electrons. The van der Waals surface area contributed by atoms with Gasteiger partial charge in [-0.25, -0.2) is 8.42 Å². The van der Waals surface area contributed by atoms with Crippen molar-refractivity contribution < 1.29 is 13.2 Å². The molecule has 2 atom stereocenters. The summed E-state index contributed by atoms with van der Waals surface area (Å²) in [5, 5.41) is 0. The minimum atomic E-state index is -3.18. The summed E-state index contributed by atoms with van der Waals surface area (Å²) in [7, 11) is -3.18. The Morgan fingerprint density at radius 2 is 2.00 bits per heavy atom. The summed E-state index contributed by atoms with van der Waals surface area (Å²) >= 11 is 0. The van der Waals surface area contributed by atoms with Gasteiger partial charge in [0.2, 0.25) is 10.0 Å². The topological polar surface area (TPSA) is 46.6 Å². The minimum Gasteiger partial charge on any atom is -0.370 e. The monoisotopic (exact) mass is 297 g/mol. The second-order valence-corrected chi connectivity index (χ2v) is 7.26. The first-order chi connectivity index (χ1) is 9.56. The molecule has 0 spiro atoms. The maximum absolute atomic E-state index is 12.4. The molecule has 0 saturated carbocycles. The second-order valence-electron chi connectivity index (χ2n) is 5.22. The molecular formula is C15H23NO3S. The number of benzene rings is 1. The normalized spacial score (nSPS) is 24.7. The minimum absolute atomic E-state index is 0.159. The molecule has 0 bridgehead atoms. The van der Waals surface area contributed by atoms with Crippen LogP contribution in [0.25, 0.3) is 0 Å². The first-order valence-electron chi connectivity index (χ1n) is 7.22. The molecule has 1 heterocycles. The maximum Gasteiger partial charge on any atom is 0.214 e. The molecule has 2 unspecified atom stereocenters. The molecule has 0 amide bonds. The van der Waals surface area contributed by atoms with Crippen LogP contribution < -0.4 is 0 Å². The van der Waals surface area contributed by atoms with Gasteiger partial charge in [-0.1, -0.05) is 43.7 Å². The van der Waals surface area contributed by atoms with Gasteiger partial charge < -0.3 is 4.74 Å². The van der Waals surface area contributed by atoms with Gasteiger partial charge in [-0.15, -0.1) is 0 Å². The predicted molar refractivity (Wildman–Crippen MR) is 80.0 cm³/mol. The predicted octanol–water partition coefficient (Wildman–Crippen LogP) is 2.58. The van der Waals surface area contributed by atoms with Crippen LogP contribution >= 0.6 is 0 Å². The summed E-state index contributed by atoms with van der Waals surface area (Å²) in [6.07, 6.45) is 1.42. The fourth-order valence-corrected chi connectivity index (χ4v) is 4.48. The molecule has 20 heavy (non-hydrogen) atoms. The van der Waals surface area contributed by atoms with Gasteiger partial charge in [-0.05, 0) is 18.9 Å². The standard InChI is InChI=1S/C15H23NO3S/c1-3-4-12-20(17,18)16-10-11-19-15(13(16)2)14-8-6-5-7-9-14/h5-9,13,15H,3-4,10-12H2,1-2H3. The molecule has 1 saturated heterocycles. The summed E-state index contributed by atoms with van der Waals surface area (Å²) in [5.41, 5.74) is 1.04. The molecule has 1 aliphatic rings. The highest BCUT2D eigenvalue weighted by Gasteiger charge is 2.36. The summed E-state index contributed by atoms with van der Waals surface area (Å²) in [4.78, 5) is 0. The van der Waals surface area contributed by atoms with E-state index >= 15 is 0 Å². The van der Waals surface area contributed by atoms with Gasteiger partial charge in [0, 0.05) is 6.54 Å². The number of ether oxygens (including phenoxy) is 1. The summed E-state index contributed by atoms with van der Waals surface area (Å²) in [6.45, 7) is 4.84. The third kappa shape index (κ3) is 3.40. The third-order valence-corrected chi connectivity index (χ3v) is 5.78. The van der Waals surface area contributed by atoms with Gasteiger partial charge in [0.1, 0.15) is 0 Å². The average Bonchev–Trinajstić information content (AvgIpc) is 2.46. The first-order valence-corrected chi connectivity index (χ1v) is 8.83. The van der Waals surface area contributed by atoms with Crippen molar-refractivity contribution in [3.05, 3.63) is 35.9 Å². The van der Waals surface area contributed by atoms with E-state index in [1.165, 1.54) is 0 Å². The maximum atomic E-state index is 12.4. The van der Waals surface area contributed by atoms with E-state index < -0.39 is 10.0 Å². The van der Waals surface area contributed by atoms with Crippen molar-refractivity contribution in [2.45, 2.75) is 38.8 Å². The second kappa shape index (κ2) is 6.70. The molecule has 1 aromatic rings. The van der Waals surface area contributed by atoms with Gasteiger partial charge in [0.05, 0.1) is 24.5 Å². The van der Waals surface area contributed by atoms with Crippen LogP contribution in [0.1, 0.15) is 38.4 Å². The molecular weight excluding hydrogens is 274 g/mol. The van der Waals surface area contributed by atoms with Crippen LogP contribution in [-0.2, 0) is 14.8 Å². The molecule has 1 fully saturated rings. The zero-order chi connectivity index (χ0) is 14.6. The fraction of sp³-hybridized carbons (Fsp3) is 0.600. The van der Waals surface area contributed by atoms with E-state index in [-0.39, 0.29) is 17.9 Å². The Morgan fingerprint density at radius 1 is 1.30 bits per heavy atom. The number of hydrogen-bond donors (Lipinski definition) is 0. The average molecular weight is 297 g/mol. The van der Waals surface area contributed by atoms with Crippen molar-refractivity contribution in [1.82, 2.24) is 4.31 Å². The lowest BCUT2D eigenvalue weighted by Crippen LogP contribution is -2.49. The lowest BCUT2D eigenvalue weighted by molar-refractivity contribution is -0.0361. The molecule has 5 heteroatoms. The zero-order valence-corrected chi connectivity index (χ0v) is 13.0. The Kier molecular flexibility index (Phi) is 5.18. The SMILES string of the molecule is CCCCS(=O)(=O)N1CCOC(c2ccccc2)C1C. The highest BCUT2D eigenvalue weighted by atomic mass is 32.2. The van der Waals surface area contributed by atoms with E-state index in [4.69, 9.17) is 4.74 Å². The van der Waals surface area contributed by atoms with Crippen LogP contribution in [0.4, 0.5) is 0 Å². The molecule has 0 radical (unpaired) electrons. The van der Waals surface area contributed by atoms with E-state index in [1.807, 2.05) is 44.2 Å².